The lowest BCUT2D eigenvalue weighted by atomic mass is 9.44. The van der Waals surface area contributed by atoms with Gasteiger partial charge in [0.25, 0.3) is 0 Å². The molecule has 1 aromatic rings. The van der Waals surface area contributed by atoms with Crippen molar-refractivity contribution >= 4 is 17.5 Å². The number of ketones is 2. The van der Waals surface area contributed by atoms with Gasteiger partial charge in [-0.2, -0.15) is 0 Å². The first kappa shape index (κ1) is 28.5. The van der Waals surface area contributed by atoms with E-state index < -0.39 is 22.9 Å². The summed E-state index contributed by atoms with van der Waals surface area (Å²) < 4.78 is 12.3. The maximum atomic E-state index is 14.4. The highest BCUT2D eigenvalue weighted by Crippen LogP contribution is 2.72. The lowest BCUT2D eigenvalue weighted by Gasteiger charge is -2.60. The van der Waals surface area contributed by atoms with Crippen molar-refractivity contribution in [1.29, 1.82) is 0 Å². The third kappa shape index (κ3) is 4.23. The SMILES string of the molecule is CCCC1C[C@]2(C(=O)COC(=O)c3ccc(CC)cc3)[C@@H](CC3C4CCC5=CC(=O)C=C[C@]5(C)C4[C@@H](O)C[C@@]32C)O1. The number of aliphatic hydroxyl groups is 1. The normalized spacial score (nSPS) is 40.7. The smallest absolute Gasteiger partial charge is 0.338 e. The second-order valence-electron chi connectivity index (χ2n) is 13.7. The summed E-state index contributed by atoms with van der Waals surface area (Å²) >= 11 is 0. The predicted molar refractivity (Wildman–Crippen MR) is 155 cm³/mol. The Labute approximate surface area is 243 Å². The van der Waals surface area contributed by atoms with Crippen molar-refractivity contribution in [2.75, 3.05) is 6.61 Å². The third-order valence-corrected chi connectivity index (χ3v) is 11.9. The van der Waals surface area contributed by atoms with E-state index in [1.165, 1.54) is 0 Å². The lowest BCUT2D eigenvalue weighted by molar-refractivity contribution is -0.159. The van der Waals surface area contributed by atoms with E-state index in [9.17, 15) is 19.5 Å². The zero-order chi connectivity index (χ0) is 29.2. The van der Waals surface area contributed by atoms with Crippen LogP contribution in [0.3, 0.4) is 0 Å². The number of rotatable bonds is 7. The molecular weight excluding hydrogens is 516 g/mol. The van der Waals surface area contributed by atoms with Gasteiger partial charge in [0.2, 0.25) is 0 Å². The summed E-state index contributed by atoms with van der Waals surface area (Å²) in [6.45, 7) is 8.28. The van der Waals surface area contributed by atoms with Crippen LogP contribution in [0.25, 0.3) is 0 Å². The Hall–Kier alpha value is -2.57. The number of Topliss-reactive ketones (excluding diaryl/α,β-unsaturated/α-hetero) is 1. The fourth-order valence-corrected chi connectivity index (χ4v) is 9.92. The number of fused-ring (bicyclic) bond motifs is 7. The molecule has 0 radical (unpaired) electrons. The maximum absolute atomic E-state index is 14.4. The molecule has 9 atom stereocenters. The predicted octanol–water partition coefficient (Wildman–Crippen LogP) is 5.81. The molecule has 4 unspecified atom stereocenters. The summed E-state index contributed by atoms with van der Waals surface area (Å²) in [6.07, 6.45) is 10.9. The fourth-order valence-electron chi connectivity index (χ4n) is 9.92. The Bertz CT molecular complexity index is 1290. The highest BCUT2D eigenvalue weighted by molar-refractivity contribution is 6.01. The van der Waals surface area contributed by atoms with Crippen molar-refractivity contribution in [3.05, 3.63) is 59.2 Å². The number of ether oxygens (including phenoxy) is 2. The summed E-state index contributed by atoms with van der Waals surface area (Å²) in [5, 5.41) is 11.9. The first-order valence-electron chi connectivity index (χ1n) is 15.6. The molecule has 6 rings (SSSR count). The molecule has 0 bridgehead atoms. The molecule has 1 aromatic carbocycles. The van der Waals surface area contributed by atoms with Gasteiger partial charge in [0.15, 0.2) is 18.2 Å². The van der Waals surface area contributed by atoms with Gasteiger partial charge >= 0.3 is 5.97 Å². The van der Waals surface area contributed by atoms with E-state index in [4.69, 9.17) is 9.47 Å². The van der Waals surface area contributed by atoms with E-state index in [1.807, 2.05) is 18.2 Å². The highest BCUT2D eigenvalue weighted by atomic mass is 16.5. The number of carbonyl (C=O) groups is 3. The van der Waals surface area contributed by atoms with E-state index in [0.717, 1.165) is 49.7 Å². The molecule has 1 heterocycles. The van der Waals surface area contributed by atoms with Crippen LogP contribution in [0.2, 0.25) is 0 Å². The molecule has 1 saturated heterocycles. The molecule has 4 fully saturated rings. The Morgan fingerprint density at radius 2 is 1.88 bits per heavy atom. The van der Waals surface area contributed by atoms with Crippen LogP contribution < -0.4 is 0 Å². The van der Waals surface area contributed by atoms with Crippen LogP contribution in [0, 0.1) is 34.0 Å². The van der Waals surface area contributed by atoms with Crippen LogP contribution in [-0.2, 0) is 25.5 Å². The van der Waals surface area contributed by atoms with Crippen LogP contribution in [0.4, 0.5) is 0 Å². The molecule has 3 saturated carbocycles. The first-order chi connectivity index (χ1) is 19.6. The Morgan fingerprint density at radius 1 is 1.12 bits per heavy atom. The number of benzene rings is 1. The fraction of sp³-hybridized carbons (Fsp3) is 0.629. The number of allylic oxidation sites excluding steroid dienone is 4. The van der Waals surface area contributed by atoms with E-state index in [0.29, 0.717) is 18.4 Å². The van der Waals surface area contributed by atoms with Gasteiger partial charge < -0.3 is 14.6 Å². The molecule has 0 amide bonds. The number of carbonyl (C=O) groups excluding carboxylic acids is 3. The summed E-state index contributed by atoms with van der Waals surface area (Å²) in [7, 11) is 0. The van der Waals surface area contributed by atoms with Crippen LogP contribution >= 0.6 is 0 Å². The van der Waals surface area contributed by atoms with Gasteiger partial charge in [0.1, 0.15) is 0 Å². The van der Waals surface area contributed by atoms with E-state index in [1.54, 1.807) is 24.3 Å². The molecule has 41 heavy (non-hydrogen) atoms. The Morgan fingerprint density at radius 3 is 2.59 bits per heavy atom. The average Bonchev–Trinajstić information content (AvgIpc) is 3.44. The van der Waals surface area contributed by atoms with Crippen molar-refractivity contribution in [3.63, 3.8) is 0 Å². The topological polar surface area (TPSA) is 89.9 Å². The van der Waals surface area contributed by atoms with E-state index >= 15 is 0 Å². The molecule has 6 nitrogen and oxygen atoms in total. The second kappa shape index (κ2) is 10.3. The van der Waals surface area contributed by atoms with Gasteiger partial charge in [-0.05, 0) is 92.0 Å². The minimum atomic E-state index is -0.800. The van der Waals surface area contributed by atoms with Gasteiger partial charge in [-0.1, -0.05) is 57.9 Å². The number of aliphatic hydroxyl groups excluding tert-OH is 1. The molecule has 1 aliphatic heterocycles. The highest BCUT2D eigenvalue weighted by Gasteiger charge is 2.74. The summed E-state index contributed by atoms with van der Waals surface area (Å²) in [5.74, 6) is -0.120. The lowest BCUT2D eigenvalue weighted by Crippen LogP contribution is -2.59. The number of hydrogen-bond donors (Lipinski definition) is 1. The molecule has 220 valence electrons. The quantitative estimate of drug-likeness (QED) is 0.424. The van der Waals surface area contributed by atoms with Gasteiger partial charge in [-0.25, -0.2) is 4.79 Å². The van der Waals surface area contributed by atoms with E-state index in [-0.39, 0.29) is 53.6 Å². The third-order valence-electron chi connectivity index (χ3n) is 11.9. The number of esters is 1. The zero-order valence-electron chi connectivity index (χ0n) is 24.9. The first-order valence-corrected chi connectivity index (χ1v) is 15.6. The summed E-state index contributed by atoms with van der Waals surface area (Å²) in [6, 6.07) is 7.34. The van der Waals surface area contributed by atoms with Gasteiger partial charge in [0, 0.05) is 11.3 Å². The average molecular weight is 561 g/mol. The zero-order valence-corrected chi connectivity index (χ0v) is 24.9. The van der Waals surface area contributed by atoms with Gasteiger partial charge in [0.05, 0.1) is 29.3 Å². The maximum Gasteiger partial charge on any atom is 0.338 e. The van der Waals surface area contributed by atoms with Crippen LogP contribution in [0.5, 0.6) is 0 Å². The van der Waals surface area contributed by atoms with Gasteiger partial charge in [-0.3, -0.25) is 9.59 Å². The molecule has 0 aromatic heterocycles. The van der Waals surface area contributed by atoms with Crippen LogP contribution in [0.1, 0.15) is 88.6 Å². The molecule has 4 aliphatic carbocycles. The minimum Gasteiger partial charge on any atom is -0.454 e. The van der Waals surface area contributed by atoms with Gasteiger partial charge in [-0.15, -0.1) is 0 Å². The molecule has 1 N–H and O–H groups in total. The van der Waals surface area contributed by atoms with Crippen molar-refractivity contribution in [2.45, 2.75) is 97.4 Å². The molecule has 5 aliphatic rings. The second-order valence-corrected chi connectivity index (χ2v) is 13.7. The van der Waals surface area contributed by atoms with Crippen LogP contribution in [-0.4, -0.2) is 47.6 Å². The Kier molecular flexibility index (Phi) is 7.17. The standard InChI is InChI=1S/C35H44O6/c1-5-7-25-18-35(29(38)20-40-32(39)22-10-8-21(6-2)9-11-22)30(41-25)17-27-26-13-12-23-16-24(36)14-15-33(23,3)31(26)28(37)19-34(27,35)4/h8-11,14-16,25-28,30-31,37H,5-7,12-13,17-20H2,1-4H3/t25?,26?,27?,28-,30+,31?,33-,34-,35-/m0/s1. The Balaban J connectivity index is 1.30. The monoisotopic (exact) mass is 560 g/mol. The minimum absolute atomic E-state index is 0.00809. The van der Waals surface area contributed by atoms with E-state index in [2.05, 4.69) is 27.7 Å². The van der Waals surface area contributed by atoms with Crippen molar-refractivity contribution in [3.8, 4) is 0 Å². The summed E-state index contributed by atoms with van der Waals surface area (Å²) in [4.78, 5) is 39.5. The summed E-state index contributed by atoms with van der Waals surface area (Å²) in [5.41, 5.74) is 1.07. The molecular formula is C35H44O6. The largest absolute Gasteiger partial charge is 0.454 e. The molecule has 6 heteroatoms. The van der Waals surface area contributed by atoms with Crippen molar-refractivity contribution in [2.24, 2.45) is 34.0 Å². The number of hydrogen-bond acceptors (Lipinski definition) is 6. The van der Waals surface area contributed by atoms with Crippen molar-refractivity contribution in [1.82, 2.24) is 0 Å². The number of aryl methyl sites for hydroxylation is 1. The molecule has 0 spiro atoms. The van der Waals surface area contributed by atoms with Crippen LogP contribution in [0.15, 0.2) is 48.1 Å². The van der Waals surface area contributed by atoms with Crippen molar-refractivity contribution < 1.29 is 29.0 Å².